The van der Waals surface area contributed by atoms with Gasteiger partial charge in [0.05, 0.1) is 0 Å². The Bertz CT molecular complexity index is 414. The monoisotopic (exact) mass is 287 g/mol. The molecular formula is C11H18ClN5S. The normalized spacial score (nSPS) is 23.1. The molecule has 1 aromatic rings. The molecule has 1 heterocycles. The van der Waals surface area contributed by atoms with E-state index in [1.54, 1.807) is 0 Å². The molecule has 1 fully saturated rings. The lowest BCUT2D eigenvalue weighted by molar-refractivity contribution is 0.742. The number of anilines is 2. The molecule has 18 heavy (non-hydrogen) atoms. The van der Waals surface area contributed by atoms with Crippen molar-refractivity contribution in [3.63, 3.8) is 0 Å². The molecule has 1 aliphatic carbocycles. The fourth-order valence-electron chi connectivity index (χ4n) is 2.07. The minimum absolute atomic E-state index is 0.232. The van der Waals surface area contributed by atoms with Gasteiger partial charge in [-0.2, -0.15) is 26.7 Å². The maximum Gasteiger partial charge on any atom is 0.230 e. The van der Waals surface area contributed by atoms with Gasteiger partial charge in [0.1, 0.15) is 0 Å². The molecule has 0 amide bonds. The first-order valence-electron chi connectivity index (χ1n) is 5.96. The highest BCUT2D eigenvalue weighted by atomic mass is 35.5. The van der Waals surface area contributed by atoms with E-state index in [1.807, 2.05) is 30.8 Å². The smallest absolute Gasteiger partial charge is 0.230 e. The van der Waals surface area contributed by atoms with Crippen LogP contribution >= 0.6 is 23.4 Å². The molecule has 7 heteroatoms. The molecule has 0 bridgehead atoms. The molecule has 0 aliphatic heterocycles. The Morgan fingerprint density at radius 1 is 1.28 bits per heavy atom. The van der Waals surface area contributed by atoms with E-state index >= 15 is 0 Å². The third kappa shape index (κ3) is 3.38. The molecule has 100 valence electrons. The second-order valence-electron chi connectivity index (χ2n) is 4.63. The molecule has 0 radical (unpaired) electrons. The summed E-state index contributed by atoms with van der Waals surface area (Å²) in [5.41, 5.74) is 0. The lowest BCUT2D eigenvalue weighted by Gasteiger charge is -2.15. The second kappa shape index (κ2) is 5.93. The molecule has 0 aromatic carbocycles. The maximum absolute atomic E-state index is 5.90. The van der Waals surface area contributed by atoms with E-state index in [0.717, 1.165) is 18.1 Å². The molecule has 5 nitrogen and oxygen atoms in total. The van der Waals surface area contributed by atoms with E-state index in [4.69, 9.17) is 11.6 Å². The van der Waals surface area contributed by atoms with Crippen molar-refractivity contribution in [1.82, 2.24) is 15.0 Å². The number of rotatable bonds is 4. The zero-order chi connectivity index (χ0) is 13.1. The molecule has 0 saturated heterocycles. The molecule has 1 aliphatic rings. The highest BCUT2D eigenvalue weighted by Crippen LogP contribution is 2.29. The number of hydrogen-bond donors (Lipinski definition) is 1. The van der Waals surface area contributed by atoms with Crippen LogP contribution in [0.3, 0.4) is 0 Å². The number of nitrogens with zero attached hydrogens (tertiary/aromatic N) is 4. The number of nitrogens with one attached hydrogen (secondary N) is 1. The van der Waals surface area contributed by atoms with Gasteiger partial charge in [0.15, 0.2) is 0 Å². The van der Waals surface area contributed by atoms with Crippen LogP contribution in [0.2, 0.25) is 5.28 Å². The van der Waals surface area contributed by atoms with Gasteiger partial charge >= 0.3 is 0 Å². The first-order valence-corrected chi connectivity index (χ1v) is 7.63. The lowest BCUT2D eigenvalue weighted by Crippen LogP contribution is -2.20. The van der Waals surface area contributed by atoms with E-state index in [-0.39, 0.29) is 5.28 Å². The quantitative estimate of drug-likeness (QED) is 0.917. The lowest BCUT2D eigenvalue weighted by atomic mass is 10.2. The fourth-order valence-corrected chi connectivity index (χ4v) is 3.02. The molecule has 1 aromatic heterocycles. The Hall–Kier alpha value is -0.750. The van der Waals surface area contributed by atoms with Crippen LogP contribution < -0.4 is 10.2 Å². The van der Waals surface area contributed by atoms with Gasteiger partial charge in [0.25, 0.3) is 0 Å². The third-order valence-electron chi connectivity index (χ3n) is 3.05. The van der Waals surface area contributed by atoms with Crippen molar-refractivity contribution in [1.29, 1.82) is 0 Å². The summed E-state index contributed by atoms with van der Waals surface area (Å²) in [7, 11) is 3.77. The zero-order valence-electron chi connectivity index (χ0n) is 10.9. The van der Waals surface area contributed by atoms with Crippen molar-refractivity contribution >= 4 is 35.3 Å². The van der Waals surface area contributed by atoms with E-state index in [9.17, 15) is 0 Å². The predicted molar refractivity (Wildman–Crippen MR) is 77.7 cm³/mol. The number of thioether (sulfide) groups is 1. The van der Waals surface area contributed by atoms with Crippen molar-refractivity contribution in [2.45, 2.75) is 30.6 Å². The molecule has 0 spiro atoms. The van der Waals surface area contributed by atoms with Crippen LogP contribution in [0.5, 0.6) is 0 Å². The van der Waals surface area contributed by atoms with E-state index in [1.165, 1.54) is 6.42 Å². The number of halogens is 1. The Morgan fingerprint density at radius 2 is 2.06 bits per heavy atom. The van der Waals surface area contributed by atoms with Crippen LogP contribution in [-0.2, 0) is 0 Å². The van der Waals surface area contributed by atoms with Gasteiger partial charge in [-0.3, -0.25) is 0 Å². The summed E-state index contributed by atoms with van der Waals surface area (Å²) in [6, 6.07) is 0.441. The summed E-state index contributed by atoms with van der Waals surface area (Å²) < 4.78 is 0. The maximum atomic E-state index is 5.90. The second-order valence-corrected chi connectivity index (χ2v) is 6.11. The summed E-state index contributed by atoms with van der Waals surface area (Å²) >= 11 is 7.83. The van der Waals surface area contributed by atoms with Crippen LogP contribution in [0.15, 0.2) is 0 Å². The number of aromatic nitrogens is 3. The highest BCUT2D eigenvalue weighted by Gasteiger charge is 2.24. The largest absolute Gasteiger partial charge is 0.351 e. The topological polar surface area (TPSA) is 53.9 Å². The molecule has 1 saturated carbocycles. The Kier molecular flexibility index (Phi) is 4.50. The van der Waals surface area contributed by atoms with Crippen molar-refractivity contribution in [3.8, 4) is 0 Å². The summed E-state index contributed by atoms with van der Waals surface area (Å²) in [4.78, 5) is 14.4. The van der Waals surface area contributed by atoms with Gasteiger partial charge < -0.3 is 10.2 Å². The Balaban J connectivity index is 2.05. The van der Waals surface area contributed by atoms with Gasteiger partial charge in [0, 0.05) is 25.4 Å². The summed E-state index contributed by atoms with van der Waals surface area (Å²) in [6.45, 7) is 0. The molecule has 2 unspecified atom stereocenters. The van der Waals surface area contributed by atoms with E-state index in [2.05, 4.69) is 26.5 Å². The van der Waals surface area contributed by atoms with Crippen LogP contribution in [-0.4, -0.2) is 46.6 Å². The predicted octanol–water partition coefficient (Wildman–Crippen LogP) is 2.29. The van der Waals surface area contributed by atoms with Crippen LogP contribution in [0.4, 0.5) is 11.9 Å². The van der Waals surface area contributed by atoms with Crippen molar-refractivity contribution in [3.05, 3.63) is 5.28 Å². The molecular weight excluding hydrogens is 270 g/mol. The number of hydrogen-bond acceptors (Lipinski definition) is 6. The van der Waals surface area contributed by atoms with E-state index < -0.39 is 0 Å². The van der Waals surface area contributed by atoms with Crippen molar-refractivity contribution < 1.29 is 0 Å². The minimum atomic E-state index is 0.232. The van der Waals surface area contributed by atoms with Gasteiger partial charge in [-0.25, -0.2) is 0 Å². The van der Waals surface area contributed by atoms with Gasteiger partial charge in [-0.15, -0.1) is 0 Å². The summed E-state index contributed by atoms with van der Waals surface area (Å²) in [5.74, 6) is 1.15. The van der Waals surface area contributed by atoms with Gasteiger partial charge in [-0.05, 0) is 37.1 Å². The zero-order valence-corrected chi connectivity index (χ0v) is 12.4. The van der Waals surface area contributed by atoms with Crippen LogP contribution in [0.25, 0.3) is 0 Å². The first kappa shape index (κ1) is 13.7. The van der Waals surface area contributed by atoms with Crippen LogP contribution in [0, 0.1) is 0 Å². The summed E-state index contributed by atoms with van der Waals surface area (Å²) in [5, 5.41) is 4.33. The SMILES string of the molecule is CSC1CCC(Nc2nc(Cl)nc(N(C)C)n2)C1. The highest BCUT2D eigenvalue weighted by molar-refractivity contribution is 7.99. The van der Waals surface area contributed by atoms with Crippen molar-refractivity contribution in [2.75, 3.05) is 30.6 Å². The fraction of sp³-hybridized carbons (Fsp3) is 0.727. The molecule has 2 atom stereocenters. The van der Waals surface area contributed by atoms with E-state index in [0.29, 0.717) is 17.9 Å². The summed E-state index contributed by atoms with van der Waals surface area (Å²) in [6.07, 6.45) is 5.73. The Labute approximate surface area is 117 Å². The van der Waals surface area contributed by atoms with Gasteiger partial charge in [0.2, 0.25) is 17.2 Å². The van der Waals surface area contributed by atoms with Gasteiger partial charge in [-0.1, -0.05) is 0 Å². The minimum Gasteiger partial charge on any atom is -0.351 e. The van der Waals surface area contributed by atoms with Crippen molar-refractivity contribution in [2.24, 2.45) is 0 Å². The average Bonchev–Trinajstić information content (AvgIpc) is 2.76. The Morgan fingerprint density at radius 3 is 2.67 bits per heavy atom. The standard InChI is InChI=1S/C11H18ClN5S/c1-17(2)11-15-9(12)14-10(16-11)13-7-4-5-8(6-7)18-3/h7-8H,4-6H2,1-3H3,(H,13,14,15,16). The average molecular weight is 288 g/mol. The molecule has 1 N–H and O–H groups in total. The molecule has 2 rings (SSSR count). The van der Waals surface area contributed by atoms with Crippen LogP contribution in [0.1, 0.15) is 19.3 Å². The first-order chi connectivity index (χ1) is 8.58. The third-order valence-corrected chi connectivity index (χ3v) is 4.31.